The maximum absolute atomic E-state index is 11.0. The van der Waals surface area contributed by atoms with E-state index in [0.29, 0.717) is 11.5 Å². The van der Waals surface area contributed by atoms with Gasteiger partial charge < -0.3 is 24.8 Å². The molecular weight excluding hydrogens is 369 g/mol. The Balaban J connectivity index is 0. The smallest absolute Gasteiger partial charge is 0.300 e. The Morgan fingerprint density at radius 1 is 1.14 bits per heavy atom. The number of nitro benzene ring substituents is 1. The van der Waals surface area contributed by atoms with Gasteiger partial charge in [0.2, 0.25) is 0 Å². The molecule has 0 aliphatic rings. The third kappa shape index (κ3) is 7.21. The molecule has 0 saturated carbocycles. The molecule has 11 heteroatoms. The zero-order valence-corrected chi connectivity index (χ0v) is 14.9. The minimum absolute atomic E-state index is 0. The molecule has 1 rings (SSSR count). The van der Waals surface area contributed by atoms with Crippen LogP contribution in [-0.4, -0.2) is 15.3 Å². The summed E-state index contributed by atoms with van der Waals surface area (Å²) in [4.78, 5) is 10.6. The molecule has 0 atom stereocenters. The zero-order chi connectivity index (χ0) is 15.3. The molecule has 0 bridgehead atoms. The van der Waals surface area contributed by atoms with E-state index in [4.69, 9.17) is 22.3 Å². The first-order valence-electron chi connectivity index (χ1n) is 5.59. The zero-order valence-electron chi connectivity index (χ0n) is 11.7. The number of hydrogen-bond donors (Lipinski definition) is 4. The summed E-state index contributed by atoms with van der Waals surface area (Å²) in [7, 11) is 0. The lowest BCUT2D eigenvalue weighted by Crippen LogP contribution is -3.00. The molecule has 0 heterocycles. The number of nitrogens with two attached hydrogens (primary N) is 4. The van der Waals surface area contributed by atoms with E-state index in [1.807, 2.05) is 6.92 Å². The van der Waals surface area contributed by atoms with Crippen molar-refractivity contribution in [1.82, 2.24) is 0 Å². The topological polar surface area (TPSA) is 146 Å². The molecule has 0 spiro atoms. The van der Waals surface area contributed by atoms with Crippen molar-refractivity contribution in [2.24, 2.45) is 11.5 Å². The Morgan fingerprint density at radius 3 is 1.77 bits per heavy atom. The van der Waals surface area contributed by atoms with Gasteiger partial charge in [-0.05, 0) is 47.1 Å². The van der Waals surface area contributed by atoms with Gasteiger partial charge in [0.1, 0.15) is 0 Å². The van der Waals surface area contributed by atoms with E-state index in [9.17, 15) is 10.1 Å². The Hall–Kier alpha value is -1.16. The van der Waals surface area contributed by atoms with Crippen LogP contribution in [0, 0.1) is 17.0 Å². The van der Waals surface area contributed by atoms with Crippen LogP contribution < -0.4 is 47.1 Å². The predicted octanol–water partition coefficient (Wildman–Crippen LogP) is -7.47. The van der Waals surface area contributed by atoms with Crippen molar-refractivity contribution >= 4 is 39.5 Å². The van der Waals surface area contributed by atoms with E-state index in [-0.39, 0.29) is 40.8 Å². The normalized spacial score (nSPS) is 9.32. The minimum Gasteiger partial charge on any atom is -1.00 e. The summed E-state index contributed by atoms with van der Waals surface area (Å²) in [6.45, 7) is 1.90. The highest BCUT2D eigenvalue weighted by atomic mass is 35.5. The number of amidine groups is 2. The molecule has 0 amide bonds. The van der Waals surface area contributed by atoms with Gasteiger partial charge in [-0.1, -0.05) is 0 Å². The van der Waals surface area contributed by atoms with Crippen LogP contribution >= 0.6 is 23.5 Å². The standard InChI is InChI=1S/C11H15N5O2S2.2ClH/c1-6-7(4-19-10(12)13)2-9(16(17)18)3-8(6)5-20-11(14)15;;/h2-3H,4-5H2,1H3,(H3,12,13)(H3,14,15);2*1H. The lowest BCUT2D eigenvalue weighted by Gasteiger charge is -2.09. The molecular formula is C11H17Cl2N5O2S2. The van der Waals surface area contributed by atoms with Gasteiger partial charge in [-0.15, -0.1) is 0 Å². The number of benzene rings is 1. The van der Waals surface area contributed by atoms with Crippen LogP contribution in [0.4, 0.5) is 5.69 Å². The van der Waals surface area contributed by atoms with E-state index in [1.54, 1.807) is 0 Å². The SMILES string of the molecule is Cc1c(CSC(N)=[NH2+])cc([N+](=O)[O-])cc1CSC(N)=[NH2+].[Cl-].[Cl-]. The third-order valence-electron chi connectivity index (χ3n) is 2.61. The number of nitro groups is 1. The lowest BCUT2D eigenvalue weighted by molar-refractivity contribution is -0.385. The number of hydrogen-bond acceptors (Lipinski definition) is 4. The number of nitrogens with zero attached hydrogens (tertiary/aromatic N) is 1. The molecule has 0 radical (unpaired) electrons. The highest BCUT2D eigenvalue weighted by molar-refractivity contribution is 8.13. The first-order chi connectivity index (χ1) is 9.31. The van der Waals surface area contributed by atoms with Crippen LogP contribution in [0.25, 0.3) is 0 Å². The van der Waals surface area contributed by atoms with Gasteiger partial charge in [0.05, 0.1) is 4.92 Å². The van der Waals surface area contributed by atoms with Crippen molar-refractivity contribution in [2.75, 3.05) is 0 Å². The van der Waals surface area contributed by atoms with Gasteiger partial charge in [0, 0.05) is 23.6 Å². The van der Waals surface area contributed by atoms with Gasteiger partial charge >= 0.3 is 0 Å². The van der Waals surface area contributed by atoms with Crippen molar-refractivity contribution in [3.8, 4) is 0 Å². The van der Waals surface area contributed by atoms with E-state index < -0.39 is 4.92 Å². The summed E-state index contributed by atoms with van der Waals surface area (Å²) in [6.07, 6.45) is 0. The third-order valence-corrected chi connectivity index (χ3v) is 4.18. The van der Waals surface area contributed by atoms with Crippen molar-refractivity contribution in [1.29, 1.82) is 0 Å². The van der Waals surface area contributed by atoms with Crippen LogP contribution in [0.15, 0.2) is 12.1 Å². The quantitative estimate of drug-likeness (QED) is 0.171. The molecule has 1 aromatic carbocycles. The fourth-order valence-electron chi connectivity index (χ4n) is 1.55. The Kier molecular flexibility index (Phi) is 11.1. The Labute approximate surface area is 149 Å². The maximum Gasteiger partial charge on any atom is 0.300 e. The van der Waals surface area contributed by atoms with Crippen molar-refractivity contribution in [2.45, 2.75) is 18.4 Å². The Bertz CT molecular complexity index is 532. The Morgan fingerprint density at radius 2 is 1.50 bits per heavy atom. The molecule has 0 saturated heterocycles. The summed E-state index contributed by atoms with van der Waals surface area (Å²) in [6, 6.07) is 3.07. The highest BCUT2D eigenvalue weighted by Crippen LogP contribution is 2.27. The maximum atomic E-state index is 11.0. The summed E-state index contributed by atoms with van der Waals surface area (Å²) < 4.78 is 0. The summed E-state index contributed by atoms with van der Waals surface area (Å²) in [5, 5.41) is 22.2. The van der Waals surface area contributed by atoms with E-state index in [1.165, 1.54) is 35.7 Å². The average molecular weight is 386 g/mol. The first kappa shape index (κ1) is 23.1. The van der Waals surface area contributed by atoms with Crippen LogP contribution in [0.5, 0.6) is 0 Å². The van der Waals surface area contributed by atoms with E-state index in [2.05, 4.69) is 0 Å². The number of halogens is 2. The average Bonchev–Trinajstić information content (AvgIpc) is 2.35. The van der Waals surface area contributed by atoms with Gasteiger partial charge in [-0.25, -0.2) is 0 Å². The summed E-state index contributed by atoms with van der Waals surface area (Å²) >= 11 is 2.48. The largest absolute Gasteiger partial charge is 1.00 e. The fraction of sp³-hybridized carbons (Fsp3) is 0.273. The molecule has 0 fully saturated rings. The molecule has 124 valence electrons. The van der Waals surface area contributed by atoms with Gasteiger partial charge in [-0.2, -0.15) is 0 Å². The molecule has 0 aliphatic heterocycles. The molecule has 7 nitrogen and oxygen atoms in total. The summed E-state index contributed by atoms with van der Waals surface area (Å²) in [5.41, 5.74) is 13.5. The van der Waals surface area contributed by atoms with Crippen LogP contribution in [-0.2, 0) is 11.5 Å². The lowest BCUT2D eigenvalue weighted by atomic mass is 10.0. The van der Waals surface area contributed by atoms with Crippen LogP contribution in [0.2, 0.25) is 0 Å². The monoisotopic (exact) mass is 385 g/mol. The van der Waals surface area contributed by atoms with Gasteiger partial charge in [0.15, 0.2) is 0 Å². The van der Waals surface area contributed by atoms with Gasteiger partial charge in [0.25, 0.3) is 16.0 Å². The second kappa shape index (κ2) is 10.5. The predicted molar refractivity (Wildman–Crippen MR) is 82.7 cm³/mol. The highest BCUT2D eigenvalue weighted by Gasteiger charge is 2.15. The second-order valence-corrected chi connectivity index (χ2v) is 6.13. The molecule has 0 aliphatic carbocycles. The molecule has 8 N–H and O–H groups in total. The van der Waals surface area contributed by atoms with Crippen LogP contribution in [0.3, 0.4) is 0 Å². The number of thioether (sulfide) groups is 2. The van der Waals surface area contributed by atoms with Crippen LogP contribution in [0.1, 0.15) is 16.7 Å². The molecule has 0 unspecified atom stereocenters. The number of non-ortho nitro benzene ring substituents is 1. The van der Waals surface area contributed by atoms with Crippen molar-refractivity contribution in [3.63, 3.8) is 0 Å². The number of rotatable bonds is 5. The van der Waals surface area contributed by atoms with Gasteiger partial charge in [-0.3, -0.25) is 32.4 Å². The van der Waals surface area contributed by atoms with E-state index in [0.717, 1.165) is 16.7 Å². The van der Waals surface area contributed by atoms with Crippen molar-refractivity contribution < 1.29 is 40.6 Å². The molecule has 1 aromatic rings. The molecule has 0 aromatic heterocycles. The van der Waals surface area contributed by atoms with Crippen molar-refractivity contribution in [3.05, 3.63) is 38.9 Å². The summed E-state index contributed by atoms with van der Waals surface area (Å²) in [5.74, 6) is 0.963. The fourth-order valence-corrected chi connectivity index (χ4v) is 2.79. The van der Waals surface area contributed by atoms with E-state index >= 15 is 0 Å². The first-order valence-corrected chi connectivity index (χ1v) is 7.56. The second-order valence-electron chi connectivity index (χ2n) is 4.03. The minimum atomic E-state index is -0.424. The molecule has 22 heavy (non-hydrogen) atoms.